The van der Waals surface area contributed by atoms with Crippen LogP contribution < -0.4 is 5.32 Å². The Kier molecular flexibility index (Phi) is 4.47. The molecule has 0 spiro atoms. The zero-order valence-electron chi connectivity index (χ0n) is 13.9. The van der Waals surface area contributed by atoms with Gasteiger partial charge in [0.25, 0.3) is 5.69 Å². The first-order valence-electron chi connectivity index (χ1n) is 8.06. The normalized spacial score (nSPS) is 17.9. The number of benzene rings is 2. The number of rotatable bonds is 4. The number of amides is 1. The summed E-state index contributed by atoms with van der Waals surface area (Å²) in [6, 6.07) is 18.9. The SMILES string of the molecule is O=C1NC(=Nc2ccccc2)S[C@H]1c1ccc(-c2ccc([N+](=O)[O-])cc2)o1. The topological polar surface area (TPSA) is 97.7 Å². The largest absolute Gasteiger partial charge is 0.459 e. The monoisotopic (exact) mass is 379 g/mol. The van der Waals surface area contributed by atoms with E-state index in [1.54, 1.807) is 24.3 Å². The number of para-hydroxylation sites is 1. The molecule has 0 unspecified atom stereocenters. The van der Waals surface area contributed by atoms with Gasteiger partial charge in [0.15, 0.2) is 5.17 Å². The highest BCUT2D eigenvalue weighted by Crippen LogP contribution is 2.38. The second-order valence-corrected chi connectivity index (χ2v) is 6.84. The van der Waals surface area contributed by atoms with E-state index in [2.05, 4.69) is 10.3 Å². The highest BCUT2D eigenvalue weighted by Gasteiger charge is 2.34. The van der Waals surface area contributed by atoms with Crippen molar-refractivity contribution in [3.8, 4) is 11.3 Å². The molecule has 1 amide bonds. The minimum absolute atomic E-state index is 0.0121. The van der Waals surface area contributed by atoms with Crippen LogP contribution in [0.5, 0.6) is 0 Å². The van der Waals surface area contributed by atoms with Gasteiger partial charge in [-0.2, -0.15) is 0 Å². The average molecular weight is 379 g/mol. The van der Waals surface area contributed by atoms with Crippen LogP contribution in [0.4, 0.5) is 11.4 Å². The number of carbonyl (C=O) groups excluding carboxylic acids is 1. The summed E-state index contributed by atoms with van der Waals surface area (Å²) >= 11 is 1.29. The lowest BCUT2D eigenvalue weighted by molar-refractivity contribution is -0.384. The van der Waals surface area contributed by atoms with Crippen LogP contribution in [0, 0.1) is 10.1 Å². The summed E-state index contributed by atoms with van der Waals surface area (Å²) in [4.78, 5) is 27.0. The van der Waals surface area contributed by atoms with E-state index in [0.717, 1.165) is 5.69 Å². The third-order valence-corrected chi connectivity index (χ3v) is 5.03. The maximum Gasteiger partial charge on any atom is 0.269 e. The lowest BCUT2D eigenvalue weighted by Crippen LogP contribution is -2.21. The molecule has 3 aromatic rings. The van der Waals surface area contributed by atoms with Crippen LogP contribution in [-0.2, 0) is 4.79 Å². The van der Waals surface area contributed by atoms with Crippen LogP contribution in [0.1, 0.15) is 11.0 Å². The lowest BCUT2D eigenvalue weighted by atomic mass is 10.1. The predicted octanol–water partition coefficient (Wildman–Crippen LogP) is 4.45. The van der Waals surface area contributed by atoms with E-state index in [4.69, 9.17) is 4.42 Å². The number of non-ortho nitro benzene ring substituents is 1. The quantitative estimate of drug-likeness (QED) is 0.533. The number of hydrogen-bond acceptors (Lipinski definition) is 6. The van der Waals surface area contributed by atoms with E-state index in [0.29, 0.717) is 22.3 Å². The molecule has 0 radical (unpaired) electrons. The van der Waals surface area contributed by atoms with Gasteiger partial charge in [0, 0.05) is 17.7 Å². The molecule has 134 valence electrons. The number of carbonyl (C=O) groups is 1. The molecule has 0 aliphatic carbocycles. The van der Waals surface area contributed by atoms with Gasteiger partial charge in [-0.1, -0.05) is 30.0 Å². The molecule has 1 aromatic heterocycles. The molecule has 1 aliphatic heterocycles. The molecule has 8 heteroatoms. The smallest absolute Gasteiger partial charge is 0.269 e. The highest BCUT2D eigenvalue weighted by molar-refractivity contribution is 8.15. The molecule has 1 fully saturated rings. The second kappa shape index (κ2) is 7.08. The van der Waals surface area contributed by atoms with Crippen molar-refractivity contribution in [1.29, 1.82) is 0 Å². The number of aliphatic imine (C=N–C) groups is 1. The number of nitro benzene ring substituents is 1. The van der Waals surface area contributed by atoms with Crippen LogP contribution in [0.15, 0.2) is 76.1 Å². The zero-order valence-corrected chi connectivity index (χ0v) is 14.7. The minimum atomic E-state index is -0.528. The van der Waals surface area contributed by atoms with Gasteiger partial charge in [0.05, 0.1) is 10.6 Å². The van der Waals surface area contributed by atoms with Crippen molar-refractivity contribution in [3.63, 3.8) is 0 Å². The highest BCUT2D eigenvalue weighted by atomic mass is 32.2. The number of hydrogen-bond donors (Lipinski definition) is 1. The molecule has 1 N–H and O–H groups in total. The number of furan rings is 1. The summed E-state index contributed by atoms with van der Waals surface area (Å²) in [6.07, 6.45) is 0. The van der Waals surface area contributed by atoms with Gasteiger partial charge in [-0.15, -0.1) is 0 Å². The van der Waals surface area contributed by atoms with Crippen molar-refractivity contribution in [2.45, 2.75) is 5.25 Å². The van der Waals surface area contributed by atoms with Crippen molar-refractivity contribution in [2.75, 3.05) is 0 Å². The van der Waals surface area contributed by atoms with Gasteiger partial charge in [-0.3, -0.25) is 14.9 Å². The molecular formula is C19H13N3O4S. The van der Waals surface area contributed by atoms with Crippen molar-refractivity contribution < 1.29 is 14.1 Å². The van der Waals surface area contributed by atoms with Crippen molar-refractivity contribution in [1.82, 2.24) is 5.32 Å². The molecule has 0 bridgehead atoms. The molecule has 2 heterocycles. The number of amidine groups is 1. The summed E-state index contributed by atoms with van der Waals surface area (Å²) < 4.78 is 5.82. The van der Waals surface area contributed by atoms with E-state index in [9.17, 15) is 14.9 Å². The Labute approximate surface area is 158 Å². The van der Waals surface area contributed by atoms with E-state index >= 15 is 0 Å². The molecule has 1 saturated heterocycles. The Hall–Kier alpha value is -3.39. The Morgan fingerprint density at radius 2 is 1.78 bits per heavy atom. The third kappa shape index (κ3) is 3.61. The first-order valence-corrected chi connectivity index (χ1v) is 8.94. The maximum atomic E-state index is 12.3. The first kappa shape index (κ1) is 17.0. The molecule has 27 heavy (non-hydrogen) atoms. The van der Waals surface area contributed by atoms with Crippen LogP contribution in [0.3, 0.4) is 0 Å². The molecule has 2 aromatic carbocycles. The summed E-state index contributed by atoms with van der Waals surface area (Å²) in [7, 11) is 0. The molecular weight excluding hydrogens is 366 g/mol. The molecule has 7 nitrogen and oxygen atoms in total. The Bertz CT molecular complexity index is 1030. The lowest BCUT2D eigenvalue weighted by Gasteiger charge is -2.01. The molecule has 1 aliphatic rings. The van der Waals surface area contributed by atoms with Gasteiger partial charge < -0.3 is 9.73 Å². The summed E-state index contributed by atoms with van der Waals surface area (Å²) in [5.41, 5.74) is 1.47. The van der Waals surface area contributed by atoms with E-state index in [1.807, 2.05) is 30.3 Å². The van der Waals surface area contributed by atoms with Crippen molar-refractivity contribution >= 4 is 34.2 Å². The number of nitrogens with zero attached hydrogens (tertiary/aromatic N) is 2. The van der Waals surface area contributed by atoms with E-state index in [1.165, 1.54) is 23.9 Å². The third-order valence-electron chi connectivity index (χ3n) is 3.93. The maximum absolute atomic E-state index is 12.3. The standard InChI is InChI=1S/C19H13N3O4S/c23-18-17(27-19(21-18)20-13-4-2-1-3-5-13)16-11-10-15(26-16)12-6-8-14(9-7-12)22(24)25/h1-11,17H,(H,20,21,23)/t17-/m0/s1. The van der Waals surface area contributed by atoms with Gasteiger partial charge >= 0.3 is 0 Å². The van der Waals surface area contributed by atoms with Crippen LogP contribution in [0.2, 0.25) is 0 Å². The first-order chi connectivity index (χ1) is 13.1. The minimum Gasteiger partial charge on any atom is -0.459 e. The Morgan fingerprint density at radius 1 is 1.04 bits per heavy atom. The van der Waals surface area contributed by atoms with Gasteiger partial charge in [-0.25, -0.2) is 4.99 Å². The molecule has 4 rings (SSSR count). The van der Waals surface area contributed by atoms with Crippen molar-refractivity contribution in [2.24, 2.45) is 4.99 Å². The van der Waals surface area contributed by atoms with E-state index in [-0.39, 0.29) is 11.6 Å². The molecule has 0 saturated carbocycles. The molecule has 1 atom stereocenters. The number of thioether (sulfide) groups is 1. The van der Waals surface area contributed by atoms with Gasteiger partial charge in [-0.05, 0) is 36.4 Å². The zero-order chi connectivity index (χ0) is 18.8. The van der Waals surface area contributed by atoms with Crippen LogP contribution >= 0.6 is 11.8 Å². The van der Waals surface area contributed by atoms with Crippen molar-refractivity contribution in [3.05, 3.63) is 82.6 Å². The summed E-state index contributed by atoms with van der Waals surface area (Å²) in [5.74, 6) is 0.852. The number of nitrogens with one attached hydrogen (secondary N) is 1. The summed E-state index contributed by atoms with van der Waals surface area (Å²) in [6.45, 7) is 0. The Balaban J connectivity index is 1.54. The fraction of sp³-hybridized carbons (Fsp3) is 0.0526. The summed E-state index contributed by atoms with van der Waals surface area (Å²) in [5, 5.41) is 13.5. The second-order valence-electron chi connectivity index (χ2n) is 5.75. The number of nitro groups is 1. The van der Waals surface area contributed by atoms with E-state index < -0.39 is 10.2 Å². The van der Waals surface area contributed by atoms with Crippen LogP contribution in [-0.4, -0.2) is 16.0 Å². The average Bonchev–Trinajstić information content (AvgIpc) is 3.29. The fourth-order valence-electron chi connectivity index (χ4n) is 2.62. The predicted molar refractivity (Wildman–Crippen MR) is 103 cm³/mol. The van der Waals surface area contributed by atoms with Gasteiger partial charge in [0.2, 0.25) is 5.91 Å². The van der Waals surface area contributed by atoms with Gasteiger partial charge in [0.1, 0.15) is 16.8 Å². The van der Waals surface area contributed by atoms with Crippen LogP contribution in [0.25, 0.3) is 11.3 Å². The fourth-order valence-corrected chi connectivity index (χ4v) is 3.57. The Morgan fingerprint density at radius 3 is 2.48 bits per heavy atom.